The van der Waals surface area contributed by atoms with Crippen molar-refractivity contribution in [2.24, 2.45) is 11.6 Å². The van der Waals surface area contributed by atoms with E-state index < -0.39 is 35.9 Å². The van der Waals surface area contributed by atoms with Crippen LogP contribution in [-0.4, -0.2) is 87.7 Å². The first-order chi connectivity index (χ1) is 13.8. The second-order valence-electron chi connectivity index (χ2n) is 7.37. The van der Waals surface area contributed by atoms with Crippen LogP contribution in [0.3, 0.4) is 0 Å². The Balaban J connectivity index is 2.11. The molecule has 0 aliphatic carbocycles. The first-order valence-electron chi connectivity index (χ1n) is 9.83. The Morgan fingerprint density at radius 2 is 1.76 bits per heavy atom. The van der Waals surface area contributed by atoms with Gasteiger partial charge < -0.3 is 26.0 Å². The van der Waals surface area contributed by atoms with Crippen LogP contribution >= 0.6 is 0 Å². The van der Waals surface area contributed by atoms with Crippen LogP contribution in [0.15, 0.2) is 0 Å². The molecular weight excluding hydrogens is 382 g/mol. The summed E-state index contributed by atoms with van der Waals surface area (Å²) in [5.41, 5.74) is 12.7. The number of carbonyl (C=O) groups is 4. The lowest BCUT2D eigenvalue weighted by molar-refractivity contribution is -0.626. The van der Waals surface area contributed by atoms with Crippen LogP contribution in [0.2, 0.25) is 0 Å². The fraction of sp³-hybridized carbons (Fsp3) is 0.765. The summed E-state index contributed by atoms with van der Waals surface area (Å²) >= 11 is 0. The van der Waals surface area contributed by atoms with Gasteiger partial charge in [0, 0.05) is 19.5 Å². The minimum absolute atomic E-state index is 0.184. The molecule has 0 aromatic carbocycles. The normalized spacial score (nSPS) is 22.4. The second-order valence-corrected chi connectivity index (χ2v) is 7.37. The molecule has 2 heterocycles. The summed E-state index contributed by atoms with van der Waals surface area (Å²) in [7, 11) is 0. The number of carbonyl (C=O) groups excluding carboxylic acids is 3. The van der Waals surface area contributed by atoms with Gasteiger partial charge in [0.25, 0.3) is 0 Å². The van der Waals surface area contributed by atoms with Gasteiger partial charge in [0.15, 0.2) is 6.54 Å². The molecular formula is C17H30N7O5+. The van der Waals surface area contributed by atoms with Gasteiger partial charge in [-0.15, -0.1) is 0 Å². The van der Waals surface area contributed by atoms with Gasteiger partial charge in [0.2, 0.25) is 17.7 Å². The van der Waals surface area contributed by atoms with E-state index in [2.05, 4.69) is 5.32 Å². The molecule has 3 atom stereocenters. The third kappa shape index (κ3) is 5.62. The average molecular weight is 412 g/mol. The lowest BCUT2D eigenvalue weighted by atomic mass is 10.1. The minimum Gasteiger partial charge on any atom is -0.480 e. The summed E-state index contributed by atoms with van der Waals surface area (Å²) < 4.78 is 0. The molecule has 2 rings (SSSR count). The van der Waals surface area contributed by atoms with E-state index in [1.807, 2.05) is 0 Å². The lowest BCUT2D eigenvalue weighted by Gasteiger charge is -2.29. The molecule has 0 aromatic heterocycles. The monoisotopic (exact) mass is 412 g/mol. The third-order valence-corrected chi connectivity index (χ3v) is 5.38. The summed E-state index contributed by atoms with van der Waals surface area (Å²) in [6.07, 6.45) is 2.65. The molecule has 0 radical (unpaired) electrons. The Morgan fingerprint density at radius 1 is 1.14 bits per heavy atom. The van der Waals surface area contributed by atoms with E-state index in [0.29, 0.717) is 45.2 Å². The highest BCUT2D eigenvalue weighted by Gasteiger charge is 2.40. The standard InChI is InChI=1S/C17H29N7O5/c18-10-14(25)22-7-2-5-12(22)15(26)21-11(4-1-9-24(19)20)16(27)23-8-3-6-13(23)17(28)29/h11-13H,1-10,18H2,(H4-,19,20,21,26,28,29)/p+1/t11-,12-,13+/m0/s1. The van der Waals surface area contributed by atoms with Crippen molar-refractivity contribution in [1.82, 2.24) is 15.1 Å². The van der Waals surface area contributed by atoms with Gasteiger partial charge in [0.1, 0.15) is 18.1 Å². The van der Waals surface area contributed by atoms with Gasteiger partial charge in [-0.2, -0.15) is 5.84 Å². The molecule has 7 N–H and O–H groups in total. The Bertz CT molecular complexity index is 671. The molecule has 3 amide bonds. The predicted molar refractivity (Wildman–Crippen MR) is 99.4 cm³/mol. The van der Waals surface area contributed by atoms with E-state index >= 15 is 0 Å². The van der Waals surface area contributed by atoms with Crippen LogP contribution in [0.4, 0.5) is 0 Å². The number of carboxylic acid groups (broad SMARTS) is 1. The fourth-order valence-electron chi connectivity index (χ4n) is 3.93. The SMILES string of the molecule is N=[N+](N)CCC[C@H](NC(=O)[C@@H]1CCCN1C(=O)CN)C(=O)N1CCC[C@@H]1C(=O)O. The van der Waals surface area contributed by atoms with Gasteiger partial charge in [-0.3, -0.25) is 14.4 Å². The largest absolute Gasteiger partial charge is 0.480 e. The molecule has 162 valence electrons. The zero-order valence-electron chi connectivity index (χ0n) is 16.4. The zero-order chi connectivity index (χ0) is 21.6. The Kier molecular flexibility index (Phi) is 7.88. The molecule has 0 bridgehead atoms. The van der Waals surface area contributed by atoms with E-state index in [9.17, 15) is 24.3 Å². The summed E-state index contributed by atoms with van der Waals surface area (Å²) in [6.45, 7) is 0.727. The number of hydrazine groups is 1. The lowest BCUT2D eigenvalue weighted by Crippen LogP contribution is -2.55. The summed E-state index contributed by atoms with van der Waals surface area (Å²) in [4.78, 5) is 52.7. The van der Waals surface area contributed by atoms with E-state index in [4.69, 9.17) is 17.1 Å². The number of hydrogen-bond acceptors (Lipinski definition) is 6. The summed E-state index contributed by atoms with van der Waals surface area (Å²) in [5, 5.41) is 12.1. The number of aliphatic carboxylic acids is 1. The smallest absolute Gasteiger partial charge is 0.326 e. The molecule has 2 fully saturated rings. The maximum Gasteiger partial charge on any atom is 0.326 e. The Labute approximate surface area is 168 Å². The maximum atomic E-state index is 13.0. The van der Waals surface area contributed by atoms with E-state index in [1.165, 1.54) is 9.80 Å². The average Bonchev–Trinajstić information content (AvgIpc) is 3.35. The van der Waals surface area contributed by atoms with Gasteiger partial charge in [-0.1, -0.05) is 0 Å². The zero-order valence-corrected chi connectivity index (χ0v) is 16.4. The molecule has 12 nitrogen and oxygen atoms in total. The quantitative estimate of drug-likeness (QED) is 0.128. The van der Waals surface area contributed by atoms with Crippen molar-refractivity contribution in [3.05, 3.63) is 0 Å². The van der Waals surface area contributed by atoms with Gasteiger partial charge in [-0.25, -0.2) is 4.79 Å². The van der Waals surface area contributed by atoms with E-state index in [0.717, 1.165) is 4.81 Å². The van der Waals surface area contributed by atoms with Crippen molar-refractivity contribution in [3.8, 4) is 0 Å². The molecule has 29 heavy (non-hydrogen) atoms. The second kappa shape index (κ2) is 10.1. The van der Waals surface area contributed by atoms with Crippen molar-refractivity contribution < 1.29 is 29.1 Å². The molecule has 0 saturated carbocycles. The van der Waals surface area contributed by atoms with Crippen LogP contribution in [0.5, 0.6) is 0 Å². The highest BCUT2D eigenvalue weighted by atomic mass is 16.4. The maximum absolute atomic E-state index is 13.0. The number of likely N-dealkylation sites (tertiary alicyclic amines) is 2. The van der Waals surface area contributed by atoms with Gasteiger partial charge >= 0.3 is 5.97 Å². The highest BCUT2D eigenvalue weighted by molar-refractivity contribution is 5.94. The number of hydrogen-bond donors (Lipinski definition) is 5. The van der Waals surface area contributed by atoms with Gasteiger partial charge in [0.05, 0.1) is 6.54 Å². The number of nitrogens with two attached hydrogens (primary N) is 2. The molecule has 0 spiro atoms. The Hall–Kier alpha value is -2.76. The number of nitrogens with one attached hydrogen (secondary N) is 2. The predicted octanol–water partition coefficient (Wildman–Crippen LogP) is -1.81. The number of carboxylic acids is 1. The van der Waals surface area contributed by atoms with Crippen molar-refractivity contribution in [3.63, 3.8) is 0 Å². The molecule has 2 aliphatic rings. The molecule has 0 aromatic rings. The summed E-state index contributed by atoms with van der Waals surface area (Å²) in [6, 6.07) is -2.55. The van der Waals surface area contributed by atoms with Crippen molar-refractivity contribution in [1.29, 1.82) is 5.53 Å². The molecule has 12 heteroatoms. The first-order valence-corrected chi connectivity index (χ1v) is 9.83. The third-order valence-electron chi connectivity index (χ3n) is 5.38. The van der Waals surface area contributed by atoms with Crippen LogP contribution in [0, 0.1) is 5.53 Å². The Morgan fingerprint density at radius 3 is 2.34 bits per heavy atom. The molecule has 2 saturated heterocycles. The number of nitrogens with zero attached hydrogens (tertiary/aromatic N) is 3. The minimum atomic E-state index is -1.07. The fourth-order valence-corrected chi connectivity index (χ4v) is 3.93. The van der Waals surface area contributed by atoms with Crippen molar-refractivity contribution in [2.45, 2.75) is 56.7 Å². The van der Waals surface area contributed by atoms with Gasteiger partial charge in [-0.05, 0) is 42.4 Å². The van der Waals surface area contributed by atoms with Crippen molar-refractivity contribution in [2.75, 3.05) is 26.2 Å². The number of rotatable bonds is 9. The summed E-state index contributed by atoms with van der Waals surface area (Å²) in [5.74, 6) is 2.97. The van der Waals surface area contributed by atoms with Crippen LogP contribution in [0.1, 0.15) is 38.5 Å². The molecule has 0 unspecified atom stereocenters. The molecule has 2 aliphatic heterocycles. The van der Waals surface area contributed by atoms with Crippen LogP contribution in [0.25, 0.3) is 0 Å². The van der Waals surface area contributed by atoms with Crippen molar-refractivity contribution >= 4 is 23.7 Å². The van der Waals surface area contributed by atoms with E-state index in [-0.39, 0.29) is 25.4 Å². The van der Waals surface area contributed by atoms with Crippen LogP contribution < -0.4 is 16.9 Å². The van der Waals surface area contributed by atoms with E-state index in [1.54, 1.807) is 0 Å². The first kappa shape index (κ1) is 22.5. The van der Waals surface area contributed by atoms with Crippen LogP contribution in [-0.2, 0) is 19.2 Å². The highest BCUT2D eigenvalue weighted by Crippen LogP contribution is 2.21. The number of amides is 3. The topological polar surface area (TPSA) is 186 Å².